The van der Waals surface area contributed by atoms with Crippen LogP contribution in [0.3, 0.4) is 0 Å². The third-order valence-electron chi connectivity index (χ3n) is 3.80. The number of nitrogens with zero attached hydrogens (tertiary/aromatic N) is 2. The Balaban J connectivity index is 1.83. The molecule has 0 spiro atoms. The Kier molecular flexibility index (Phi) is 6.40. The van der Waals surface area contributed by atoms with Crippen molar-refractivity contribution in [1.82, 2.24) is 20.2 Å². The smallest absolute Gasteiger partial charge is 0.314 e. The Hall–Kier alpha value is -2.08. The molecule has 6 nitrogen and oxygen atoms in total. The van der Waals surface area contributed by atoms with Gasteiger partial charge in [-0.1, -0.05) is 25.5 Å². The van der Waals surface area contributed by atoms with Gasteiger partial charge in [-0.3, -0.25) is 0 Å². The number of carbonyl (C=O) groups is 1. The number of carbonyl (C=O) groups excluding carboxylic acids is 1. The number of para-hydroxylation sites is 2. The van der Waals surface area contributed by atoms with E-state index < -0.39 is 6.10 Å². The summed E-state index contributed by atoms with van der Waals surface area (Å²) < 4.78 is 2.17. The topological polar surface area (TPSA) is 79.2 Å². The van der Waals surface area contributed by atoms with Crippen molar-refractivity contribution in [2.24, 2.45) is 0 Å². The molecule has 3 N–H and O–H groups in total. The fraction of sp³-hybridized carbons (Fsp3) is 0.529. The van der Waals surface area contributed by atoms with Gasteiger partial charge in [-0.15, -0.1) is 0 Å². The molecule has 2 amide bonds. The van der Waals surface area contributed by atoms with Gasteiger partial charge in [0.25, 0.3) is 0 Å². The Morgan fingerprint density at radius 3 is 2.83 bits per heavy atom. The SMILES string of the molecule is CCCC(O)CNC(=O)NCCc1nc2ccccc2n1CC. The number of aliphatic hydroxyl groups excluding tert-OH is 1. The summed E-state index contributed by atoms with van der Waals surface area (Å²) in [4.78, 5) is 16.3. The van der Waals surface area contributed by atoms with Crippen LogP contribution in [0.5, 0.6) is 0 Å². The van der Waals surface area contributed by atoms with E-state index in [1.807, 2.05) is 25.1 Å². The third kappa shape index (κ3) is 4.69. The minimum Gasteiger partial charge on any atom is -0.391 e. The van der Waals surface area contributed by atoms with Gasteiger partial charge in [-0.05, 0) is 25.5 Å². The van der Waals surface area contributed by atoms with E-state index in [0.717, 1.165) is 29.8 Å². The number of nitrogens with one attached hydrogen (secondary N) is 2. The lowest BCUT2D eigenvalue weighted by Crippen LogP contribution is -2.40. The number of amides is 2. The van der Waals surface area contributed by atoms with Crippen LogP contribution >= 0.6 is 0 Å². The van der Waals surface area contributed by atoms with Gasteiger partial charge in [0.1, 0.15) is 5.82 Å². The molecular weight excluding hydrogens is 292 g/mol. The number of urea groups is 1. The molecule has 0 aliphatic rings. The number of aromatic nitrogens is 2. The minimum absolute atomic E-state index is 0.251. The molecule has 1 unspecified atom stereocenters. The van der Waals surface area contributed by atoms with Crippen LogP contribution in [-0.2, 0) is 13.0 Å². The highest BCUT2D eigenvalue weighted by atomic mass is 16.3. The summed E-state index contributed by atoms with van der Waals surface area (Å²) in [7, 11) is 0. The van der Waals surface area contributed by atoms with Crippen LogP contribution in [0.2, 0.25) is 0 Å². The van der Waals surface area contributed by atoms with Crippen molar-refractivity contribution in [2.45, 2.75) is 45.8 Å². The molecular formula is C17H26N4O2. The molecule has 1 atom stereocenters. The van der Waals surface area contributed by atoms with Crippen molar-refractivity contribution in [3.8, 4) is 0 Å². The molecule has 2 aromatic rings. The van der Waals surface area contributed by atoms with Crippen LogP contribution in [0.4, 0.5) is 4.79 Å². The molecule has 6 heteroatoms. The van der Waals surface area contributed by atoms with Gasteiger partial charge >= 0.3 is 6.03 Å². The lowest BCUT2D eigenvalue weighted by molar-refractivity contribution is 0.160. The standard InChI is InChI=1S/C17H26N4O2/c1-3-7-13(22)12-19-17(23)18-11-10-16-20-14-8-5-6-9-15(14)21(16)4-2/h5-6,8-9,13,22H,3-4,7,10-12H2,1-2H3,(H2,18,19,23). The Bertz CT molecular complexity index is 639. The molecule has 0 bridgehead atoms. The normalized spacial score (nSPS) is 12.3. The first kappa shape index (κ1) is 17.3. The van der Waals surface area contributed by atoms with E-state index in [0.29, 0.717) is 19.4 Å². The number of benzene rings is 1. The number of aryl methyl sites for hydroxylation is 1. The van der Waals surface area contributed by atoms with E-state index in [1.165, 1.54) is 0 Å². The molecule has 0 aliphatic heterocycles. The summed E-state index contributed by atoms with van der Waals surface area (Å²) in [5.74, 6) is 0.972. The average Bonchev–Trinajstić information content (AvgIpc) is 2.90. The molecule has 0 fully saturated rings. The maximum atomic E-state index is 11.7. The molecule has 1 aromatic carbocycles. The molecule has 0 saturated heterocycles. The summed E-state index contributed by atoms with van der Waals surface area (Å²) in [5, 5.41) is 15.1. The third-order valence-corrected chi connectivity index (χ3v) is 3.80. The lowest BCUT2D eigenvalue weighted by atomic mass is 10.2. The number of rotatable bonds is 8. The van der Waals surface area contributed by atoms with E-state index in [1.54, 1.807) is 0 Å². The molecule has 0 saturated carbocycles. The van der Waals surface area contributed by atoms with E-state index >= 15 is 0 Å². The largest absolute Gasteiger partial charge is 0.391 e. The van der Waals surface area contributed by atoms with Gasteiger partial charge in [0.2, 0.25) is 0 Å². The fourth-order valence-corrected chi connectivity index (χ4v) is 2.67. The van der Waals surface area contributed by atoms with Gasteiger partial charge in [0.15, 0.2) is 0 Å². The molecule has 126 valence electrons. The summed E-state index contributed by atoms with van der Waals surface area (Å²) in [6.07, 6.45) is 1.79. The van der Waals surface area contributed by atoms with Crippen LogP contribution in [0.1, 0.15) is 32.5 Å². The highest BCUT2D eigenvalue weighted by Gasteiger charge is 2.10. The van der Waals surface area contributed by atoms with Gasteiger partial charge in [-0.25, -0.2) is 9.78 Å². The van der Waals surface area contributed by atoms with E-state index in [2.05, 4.69) is 33.2 Å². The van der Waals surface area contributed by atoms with Crippen molar-refractivity contribution >= 4 is 17.1 Å². The van der Waals surface area contributed by atoms with Crippen LogP contribution in [-0.4, -0.2) is 39.9 Å². The Labute approximate surface area is 136 Å². The van der Waals surface area contributed by atoms with E-state index in [-0.39, 0.29) is 12.6 Å². The van der Waals surface area contributed by atoms with Crippen molar-refractivity contribution in [1.29, 1.82) is 0 Å². The van der Waals surface area contributed by atoms with Crippen molar-refractivity contribution in [2.75, 3.05) is 13.1 Å². The number of hydrogen-bond donors (Lipinski definition) is 3. The summed E-state index contributed by atoms with van der Waals surface area (Å²) in [5.41, 5.74) is 2.11. The summed E-state index contributed by atoms with van der Waals surface area (Å²) in [6, 6.07) is 7.80. The van der Waals surface area contributed by atoms with Crippen molar-refractivity contribution in [3.05, 3.63) is 30.1 Å². The molecule has 0 aliphatic carbocycles. The van der Waals surface area contributed by atoms with Crippen LogP contribution in [0.25, 0.3) is 11.0 Å². The highest BCUT2D eigenvalue weighted by molar-refractivity contribution is 5.76. The number of aliphatic hydroxyl groups is 1. The maximum absolute atomic E-state index is 11.7. The highest BCUT2D eigenvalue weighted by Crippen LogP contribution is 2.15. The first-order valence-corrected chi connectivity index (χ1v) is 8.29. The van der Waals surface area contributed by atoms with Crippen LogP contribution < -0.4 is 10.6 Å². The Morgan fingerprint density at radius 1 is 1.30 bits per heavy atom. The van der Waals surface area contributed by atoms with Crippen molar-refractivity contribution < 1.29 is 9.90 Å². The van der Waals surface area contributed by atoms with E-state index in [9.17, 15) is 9.90 Å². The zero-order valence-corrected chi connectivity index (χ0v) is 13.9. The Morgan fingerprint density at radius 2 is 2.09 bits per heavy atom. The zero-order chi connectivity index (χ0) is 16.7. The second-order valence-electron chi connectivity index (χ2n) is 5.59. The van der Waals surface area contributed by atoms with Crippen molar-refractivity contribution in [3.63, 3.8) is 0 Å². The van der Waals surface area contributed by atoms with Gasteiger partial charge in [0.05, 0.1) is 17.1 Å². The first-order chi connectivity index (χ1) is 11.2. The predicted octanol–water partition coefficient (Wildman–Crippen LogP) is 2.06. The minimum atomic E-state index is -0.477. The molecule has 0 radical (unpaired) electrons. The second kappa shape index (κ2) is 8.53. The average molecular weight is 318 g/mol. The van der Waals surface area contributed by atoms with E-state index in [4.69, 9.17) is 0 Å². The maximum Gasteiger partial charge on any atom is 0.314 e. The quantitative estimate of drug-likeness (QED) is 0.697. The number of fused-ring (bicyclic) bond motifs is 1. The molecule has 23 heavy (non-hydrogen) atoms. The first-order valence-electron chi connectivity index (χ1n) is 8.29. The number of hydrogen-bond acceptors (Lipinski definition) is 3. The van der Waals surface area contributed by atoms with Crippen LogP contribution in [0.15, 0.2) is 24.3 Å². The van der Waals surface area contributed by atoms with Crippen LogP contribution in [0, 0.1) is 0 Å². The van der Waals surface area contributed by atoms with Gasteiger partial charge in [-0.2, -0.15) is 0 Å². The summed E-state index contributed by atoms with van der Waals surface area (Å²) in [6.45, 7) is 5.74. The fourth-order valence-electron chi connectivity index (χ4n) is 2.67. The lowest BCUT2D eigenvalue weighted by Gasteiger charge is -2.12. The molecule has 1 aromatic heterocycles. The summed E-state index contributed by atoms with van der Waals surface area (Å²) >= 11 is 0. The number of imidazole rings is 1. The molecule has 2 rings (SSSR count). The predicted molar refractivity (Wildman–Crippen MR) is 91.4 cm³/mol. The zero-order valence-electron chi connectivity index (χ0n) is 13.9. The van der Waals surface area contributed by atoms with Gasteiger partial charge in [0, 0.05) is 26.1 Å². The monoisotopic (exact) mass is 318 g/mol. The van der Waals surface area contributed by atoms with Gasteiger partial charge < -0.3 is 20.3 Å². The molecule has 1 heterocycles. The second-order valence-corrected chi connectivity index (χ2v) is 5.59.